The number of fused-ring (bicyclic) bond motifs is 3. The van der Waals surface area contributed by atoms with Crippen molar-refractivity contribution in [1.29, 1.82) is 0 Å². The van der Waals surface area contributed by atoms with E-state index in [1.54, 1.807) is 11.8 Å². The highest BCUT2D eigenvalue weighted by Crippen LogP contribution is 2.25. The lowest BCUT2D eigenvalue weighted by molar-refractivity contribution is 0.878. The van der Waals surface area contributed by atoms with Crippen LogP contribution in [0.1, 0.15) is 16.7 Å². The predicted molar refractivity (Wildman–Crippen MR) is 94.7 cm³/mol. The number of nitrogens with zero attached hydrogens (tertiary/aromatic N) is 3. The van der Waals surface area contributed by atoms with Crippen LogP contribution in [0.3, 0.4) is 0 Å². The lowest BCUT2D eigenvalue weighted by Crippen LogP contribution is -1.93. The molecular formula is C18H16N4S. The third-order valence-corrected chi connectivity index (χ3v) is 4.84. The lowest BCUT2D eigenvalue weighted by atomic mass is 10.1. The van der Waals surface area contributed by atoms with Crippen LogP contribution in [-0.2, 0) is 5.75 Å². The molecule has 0 fully saturated rings. The molecule has 0 amide bonds. The number of hydrogen-bond acceptors (Lipinski definition) is 4. The third kappa shape index (κ3) is 2.68. The minimum absolute atomic E-state index is 0.698. The van der Waals surface area contributed by atoms with Gasteiger partial charge >= 0.3 is 0 Å². The van der Waals surface area contributed by atoms with Crippen molar-refractivity contribution >= 4 is 33.8 Å². The van der Waals surface area contributed by atoms with Gasteiger partial charge in [-0.3, -0.25) is 0 Å². The first-order valence-corrected chi connectivity index (χ1v) is 8.49. The first kappa shape index (κ1) is 14.2. The summed E-state index contributed by atoms with van der Waals surface area (Å²) >= 11 is 1.61. The van der Waals surface area contributed by atoms with E-state index in [-0.39, 0.29) is 0 Å². The predicted octanol–water partition coefficient (Wildman–Crippen LogP) is 4.42. The van der Waals surface area contributed by atoms with Crippen LogP contribution in [0.15, 0.2) is 47.6 Å². The first-order chi connectivity index (χ1) is 11.2. The summed E-state index contributed by atoms with van der Waals surface area (Å²) in [5, 5.41) is 10.4. The number of hydrogen-bond donors (Lipinski definition) is 1. The van der Waals surface area contributed by atoms with E-state index in [1.807, 2.05) is 24.3 Å². The van der Waals surface area contributed by atoms with Gasteiger partial charge in [-0.25, -0.2) is 4.98 Å². The van der Waals surface area contributed by atoms with Gasteiger partial charge in [-0.15, -0.1) is 10.2 Å². The Bertz CT molecular complexity index is 1010. The minimum Gasteiger partial charge on any atom is -0.338 e. The fraction of sp³-hybridized carbons (Fsp3) is 0.167. The molecule has 2 aromatic heterocycles. The van der Waals surface area contributed by atoms with Gasteiger partial charge in [0.1, 0.15) is 5.52 Å². The Kier molecular flexibility index (Phi) is 3.50. The molecule has 0 unspecified atom stereocenters. The summed E-state index contributed by atoms with van der Waals surface area (Å²) in [4.78, 5) is 7.92. The van der Waals surface area contributed by atoms with Crippen LogP contribution in [0.5, 0.6) is 0 Å². The SMILES string of the molecule is Cc1ccc(CSc2nnc3c(n2)[nH]c2ccccc23)c(C)c1. The van der Waals surface area contributed by atoms with Crippen molar-refractivity contribution in [1.82, 2.24) is 20.2 Å². The number of thioether (sulfide) groups is 1. The zero-order chi connectivity index (χ0) is 15.8. The first-order valence-electron chi connectivity index (χ1n) is 7.51. The zero-order valence-corrected chi connectivity index (χ0v) is 13.8. The number of aromatic nitrogens is 4. The molecule has 0 saturated heterocycles. The molecule has 2 heterocycles. The van der Waals surface area contributed by atoms with Crippen LogP contribution in [0, 0.1) is 13.8 Å². The highest BCUT2D eigenvalue weighted by atomic mass is 32.2. The summed E-state index contributed by atoms with van der Waals surface area (Å²) in [6, 6.07) is 14.6. The largest absolute Gasteiger partial charge is 0.338 e. The quantitative estimate of drug-likeness (QED) is 0.568. The topological polar surface area (TPSA) is 54.5 Å². The number of benzene rings is 2. The molecule has 4 nitrogen and oxygen atoms in total. The molecule has 4 rings (SSSR count). The Morgan fingerprint density at radius 1 is 1.04 bits per heavy atom. The molecule has 0 radical (unpaired) electrons. The van der Waals surface area contributed by atoms with E-state index in [0.29, 0.717) is 5.16 Å². The van der Waals surface area contributed by atoms with Gasteiger partial charge < -0.3 is 4.98 Å². The van der Waals surface area contributed by atoms with Crippen LogP contribution in [0.25, 0.3) is 22.1 Å². The second-order valence-electron chi connectivity index (χ2n) is 5.68. The normalized spacial score (nSPS) is 11.4. The van der Waals surface area contributed by atoms with E-state index in [2.05, 4.69) is 52.2 Å². The Hall–Kier alpha value is -2.40. The molecule has 0 atom stereocenters. The van der Waals surface area contributed by atoms with E-state index >= 15 is 0 Å². The molecule has 0 spiro atoms. The van der Waals surface area contributed by atoms with Gasteiger partial charge in [0, 0.05) is 16.7 Å². The lowest BCUT2D eigenvalue weighted by Gasteiger charge is -2.05. The molecule has 2 aromatic carbocycles. The van der Waals surface area contributed by atoms with Gasteiger partial charge in [-0.1, -0.05) is 53.7 Å². The van der Waals surface area contributed by atoms with Crippen molar-refractivity contribution in [3.8, 4) is 0 Å². The Labute approximate surface area is 138 Å². The molecule has 0 aliphatic rings. The fourth-order valence-electron chi connectivity index (χ4n) is 2.72. The average Bonchev–Trinajstić information content (AvgIpc) is 2.91. The second kappa shape index (κ2) is 5.66. The van der Waals surface area contributed by atoms with Crippen LogP contribution in [-0.4, -0.2) is 20.2 Å². The summed E-state index contributed by atoms with van der Waals surface area (Å²) in [6.07, 6.45) is 0. The number of aryl methyl sites for hydroxylation is 2. The van der Waals surface area contributed by atoms with Gasteiger partial charge in [0.05, 0.1) is 0 Å². The van der Waals surface area contributed by atoms with Crippen molar-refractivity contribution in [2.75, 3.05) is 0 Å². The molecule has 1 N–H and O–H groups in total. The number of rotatable bonds is 3. The number of aromatic amines is 1. The maximum absolute atomic E-state index is 4.61. The maximum atomic E-state index is 4.61. The molecule has 0 aliphatic carbocycles. The number of para-hydroxylation sites is 1. The highest BCUT2D eigenvalue weighted by molar-refractivity contribution is 7.98. The van der Waals surface area contributed by atoms with E-state index < -0.39 is 0 Å². The van der Waals surface area contributed by atoms with E-state index in [1.165, 1.54) is 16.7 Å². The number of nitrogens with one attached hydrogen (secondary N) is 1. The minimum atomic E-state index is 0.698. The van der Waals surface area contributed by atoms with Gasteiger partial charge in [0.2, 0.25) is 5.16 Å². The molecule has 114 valence electrons. The molecule has 0 aliphatic heterocycles. The van der Waals surface area contributed by atoms with Crippen molar-refractivity contribution in [2.45, 2.75) is 24.8 Å². The van der Waals surface area contributed by atoms with Crippen molar-refractivity contribution in [3.63, 3.8) is 0 Å². The Morgan fingerprint density at radius 2 is 1.91 bits per heavy atom. The van der Waals surface area contributed by atoms with Gasteiger partial charge in [0.15, 0.2) is 5.65 Å². The second-order valence-corrected chi connectivity index (χ2v) is 6.62. The Morgan fingerprint density at radius 3 is 2.78 bits per heavy atom. The highest BCUT2D eigenvalue weighted by Gasteiger charge is 2.09. The smallest absolute Gasteiger partial charge is 0.211 e. The summed E-state index contributed by atoms with van der Waals surface area (Å²) in [7, 11) is 0. The van der Waals surface area contributed by atoms with Gasteiger partial charge in [-0.2, -0.15) is 0 Å². The van der Waals surface area contributed by atoms with Crippen molar-refractivity contribution in [2.24, 2.45) is 0 Å². The van der Waals surface area contributed by atoms with E-state index in [0.717, 1.165) is 27.8 Å². The average molecular weight is 320 g/mol. The fourth-order valence-corrected chi connectivity index (χ4v) is 3.58. The van der Waals surface area contributed by atoms with Crippen LogP contribution in [0.2, 0.25) is 0 Å². The van der Waals surface area contributed by atoms with Gasteiger partial charge in [-0.05, 0) is 31.0 Å². The molecule has 0 bridgehead atoms. The molecule has 5 heteroatoms. The summed E-state index contributed by atoms with van der Waals surface area (Å²) in [5.74, 6) is 0.847. The van der Waals surface area contributed by atoms with Crippen LogP contribution in [0.4, 0.5) is 0 Å². The monoisotopic (exact) mass is 320 g/mol. The van der Waals surface area contributed by atoms with Crippen molar-refractivity contribution in [3.05, 3.63) is 59.2 Å². The molecule has 0 saturated carbocycles. The van der Waals surface area contributed by atoms with Gasteiger partial charge in [0.25, 0.3) is 0 Å². The summed E-state index contributed by atoms with van der Waals surface area (Å²) < 4.78 is 0. The molecular weight excluding hydrogens is 304 g/mol. The molecule has 4 aromatic rings. The van der Waals surface area contributed by atoms with E-state index in [4.69, 9.17) is 0 Å². The summed E-state index contributed by atoms with van der Waals surface area (Å²) in [5.41, 5.74) is 6.56. The summed E-state index contributed by atoms with van der Waals surface area (Å²) in [6.45, 7) is 4.25. The molecule has 23 heavy (non-hydrogen) atoms. The van der Waals surface area contributed by atoms with Crippen LogP contribution < -0.4 is 0 Å². The maximum Gasteiger partial charge on any atom is 0.211 e. The van der Waals surface area contributed by atoms with Crippen molar-refractivity contribution < 1.29 is 0 Å². The standard InChI is InChI=1S/C18H16N4S/c1-11-7-8-13(12(2)9-11)10-23-18-20-17-16(21-22-18)14-5-3-4-6-15(14)19-17/h3-9H,10H2,1-2H3,(H,19,20,22). The Balaban J connectivity index is 1.63. The van der Waals surface area contributed by atoms with Crippen LogP contribution >= 0.6 is 11.8 Å². The zero-order valence-electron chi connectivity index (χ0n) is 13.0. The van der Waals surface area contributed by atoms with E-state index in [9.17, 15) is 0 Å². The number of H-pyrrole nitrogens is 1. The third-order valence-electron chi connectivity index (χ3n) is 3.96.